The Bertz CT molecular complexity index is 368. The van der Waals surface area contributed by atoms with Crippen LogP contribution < -0.4 is 5.32 Å². The second kappa shape index (κ2) is 6.40. The summed E-state index contributed by atoms with van der Waals surface area (Å²) in [5.41, 5.74) is 3.60. The van der Waals surface area contributed by atoms with Gasteiger partial charge in [-0.2, -0.15) is 0 Å². The van der Waals surface area contributed by atoms with Gasteiger partial charge in [0, 0.05) is 6.04 Å². The number of nitrogens with one attached hydrogen (secondary N) is 1. The standard InChI is InChI=1S/C14H21NO2/c1-5-17-13(16)9-12(15-4)14-10(2)7-6-8-11(14)3/h6-8,12,15H,5,9H2,1-4H3. The van der Waals surface area contributed by atoms with Crippen molar-refractivity contribution >= 4 is 5.97 Å². The predicted molar refractivity (Wildman–Crippen MR) is 69.0 cm³/mol. The van der Waals surface area contributed by atoms with Crippen LogP contribution >= 0.6 is 0 Å². The molecular formula is C14H21NO2. The van der Waals surface area contributed by atoms with Crippen LogP contribution in [0.15, 0.2) is 18.2 Å². The van der Waals surface area contributed by atoms with E-state index in [1.165, 1.54) is 16.7 Å². The molecule has 94 valence electrons. The van der Waals surface area contributed by atoms with E-state index in [0.29, 0.717) is 13.0 Å². The summed E-state index contributed by atoms with van der Waals surface area (Å²) >= 11 is 0. The summed E-state index contributed by atoms with van der Waals surface area (Å²) in [6.45, 7) is 6.39. The first-order valence-corrected chi connectivity index (χ1v) is 5.99. The largest absolute Gasteiger partial charge is 0.466 e. The maximum atomic E-state index is 11.5. The predicted octanol–water partition coefficient (Wildman–Crippen LogP) is 2.52. The lowest BCUT2D eigenvalue weighted by Gasteiger charge is -2.20. The molecule has 0 aliphatic carbocycles. The quantitative estimate of drug-likeness (QED) is 0.797. The third kappa shape index (κ3) is 3.56. The number of rotatable bonds is 5. The Morgan fingerprint density at radius 1 is 1.35 bits per heavy atom. The van der Waals surface area contributed by atoms with E-state index in [0.717, 1.165) is 0 Å². The van der Waals surface area contributed by atoms with E-state index >= 15 is 0 Å². The molecule has 0 heterocycles. The fraction of sp³-hybridized carbons (Fsp3) is 0.500. The van der Waals surface area contributed by atoms with Crippen molar-refractivity contribution in [2.45, 2.75) is 33.2 Å². The Morgan fingerprint density at radius 3 is 2.41 bits per heavy atom. The molecule has 0 radical (unpaired) electrons. The molecule has 0 aliphatic heterocycles. The molecule has 1 atom stereocenters. The second-order valence-corrected chi connectivity index (χ2v) is 4.16. The molecular weight excluding hydrogens is 214 g/mol. The molecule has 1 N–H and O–H groups in total. The van der Waals surface area contributed by atoms with Gasteiger partial charge < -0.3 is 10.1 Å². The van der Waals surface area contributed by atoms with E-state index < -0.39 is 0 Å². The number of carbonyl (C=O) groups is 1. The highest BCUT2D eigenvalue weighted by molar-refractivity contribution is 5.70. The first-order chi connectivity index (χ1) is 8.10. The van der Waals surface area contributed by atoms with Gasteiger partial charge in [-0.05, 0) is 44.5 Å². The van der Waals surface area contributed by atoms with Crippen LogP contribution in [0.2, 0.25) is 0 Å². The minimum Gasteiger partial charge on any atom is -0.466 e. The van der Waals surface area contributed by atoms with E-state index in [4.69, 9.17) is 4.74 Å². The molecule has 0 aromatic heterocycles. The molecule has 17 heavy (non-hydrogen) atoms. The maximum Gasteiger partial charge on any atom is 0.307 e. The number of ether oxygens (including phenoxy) is 1. The summed E-state index contributed by atoms with van der Waals surface area (Å²) in [5.74, 6) is -0.158. The Morgan fingerprint density at radius 2 is 1.94 bits per heavy atom. The molecule has 3 nitrogen and oxygen atoms in total. The van der Waals surface area contributed by atoms with E-state index in [1.54, 1.807) is 0 Å². The summed E-state index contributed by atoms with van der Waals surface area (Å²) < 4.78 is 5.00. The van der Waals surface area contributed by atoms with Crippen LogP contribution in [-0.4, -0.2) is 19.6 Å². The molecule has 0 saturated carbocycles. The zero-order valence-corrected chi connectivity index (χ0v) is 11.0. The molecule has 1 rings (SSSR count). The first kappa shape index (κ1) is 13.7. The number of carbonyl (C=O) groups excluding carboxylic acids is 1. The van der Waals surface area contributed by atoms with Crippen molar-refractivity contribution < 1.29 is 9.53 Å². The normalized spacial score (nSPS) is 12.2. The second-order valence-electron chi connectivity index (χ2n) is 4.16. The van der Waals surface area contributed by atoms with Gasteiger partial charge in [0.25, 0.3) is 0 Å². The van der Waals surface area contributed by atoms with Crippen molar-refractivity contribution in [2.24, 2.45) is 0 Å². The van der Waals surface area contributed by atoms with Gasteiger partial charge in [-0.15, -0.1) is 0 Å². The Balaban J connectivity index is 2.90. The lowest BCUT2D eigenvalue weighted by atomic mass is 9.94. The lowest BCUT2D eigenvalue weighted by molar-refractivity contribution is -0.143. The van der Waals surface area contributed by atoms with Crippen LogP contribution in [0, 0.1) is 13.8 Å². The van der Waals surface area contributed by atoms with Crippen molar-refractivity contribution in [1.29, 1.82) is 0 Å². The molecule has 3 heteroatoms. The Labute approximate surface area is 103 Å². The van der Waals surface area contributed by atoms with E-state index in [1.807, 2.05) is 20.0 Å². The highest BCUT2D eigenvalue weighted by Crippen LogP contribution is 2.24. The van der Waals surface area contributed by atoms with Crippen LogP contribution in [0.3, 0.4) is 0 Å². The third-order valence-electron chi connectivity index (χ3n) is 2.92. The topological polar surface area (TPSA) is 38.3 Å². The van der Waals surface area contributed by atoms with Crippen LogP contribution in [-0.2, 0) is 9.53 Å². The Hall–Kier alpha value is -1.35. The van der Waals surface area contributed by atoms with Crippen LogP contribution in [0.5, 0.6) is 0 Å². The van der Waals surface area contributed by atoms with Gasteiger partial charge in [-0.3, -0.25) is 4.79 Å². The molecule has 1 unspecified atom stereocenters. The summed E-state index contributed by atoms with van der Waals surface area (Å²) in [4.78, 5) is 11.5. The number of esters is 1. The highest BCUT2D eigenvalue weighted by Gasteiger charge is 2.18. The summed E-state index contributed by atoms with van der Waals surface area (Å²) in [7, 11) is 1.87. The molecule has 1 aromatic carbocycles. The minimum absolute atomic E-state index is 0.0234. The molecule has 1 aromatic rings. The average Bonchev–Trinajstić information content (AvgIpc) is 2.27. The monoisotopic (exact) mass is 235 g/mol. The van der Waals surface area contributed by atoms with Gasteiger partial charge in [0.2, 0.25) is 0 Å². The van der Waals surface area contributed by atoms with Gasteiger partial charge in [0.15, 0.2) is 0 Å². The van der Waals surface area contributed by atoms with Crippen LogP contribution in [0.25, 0.3) is 0 Å². The van der Waals surface area contributed by atoms with Crippen LogP contribution in [0.1, 0.15) is 36.1 Å². The maximum absolute atomic E-state index is 11.5. The SMILES string of the molecule is CCOC(=O)CC(NC)c1c(C)cccc1C. The number of benzene rings is 1. The smallest absolute Gasteiger partial charge is 0.307 e. The van der Waals surface area contributed by atoms with Gasteiger partial charge in [-0.1, -0.05) is 18.2 Å². The van der Waals surface area contributed by atoms with Crippen molar-refractivity contribution in [2.75, 3.05) is 13.7 Å². The third-order valence-corrected chi connectivity index (χ3v) is 2.92. The fourth-order valence-corrected chi connectivity index (χ4v) is 2.11. The number of hydrogen-bond donors (Lipinski definition) is 1. The number of aryl methyl sites for hydroxylation is 2. The minimum atomic E-state index is -0.158. The zero-order chi connectivity index (χ0) is 12.8. The van der Waals surface area contributed by atoms with Gasteiger partial charge in [0.05, 0.1) is 13.0 Å². The fourth-order valence-electron chi connectivity index (χ4n) is 2.11. The molecule has 0 amide bonds. The molecule has 0 saturated heterocycles. The van der Waals surface area contributed by atoms with E-state index in [2.05, 4.69) is 31.3 Å². The Kier molecular flexibility index (Phi) is 5.16. The molecule has 0 aliphatic rings. The molecule has 0 spiro atoms. The molecule has 0 fully saturated rings. The van der Waals surface area contributed by atoms with Crippen molar-refractivity contribution in [3.63, 3.8) is 0 Å². The molecule has 0 bridgehead atoms. The summed E-state index contributed by atoms with van der Waals surface area (Å²) in [6, 6.07) is 6.19. The highest BCUT2D eigenvalue weighted by atomic mass is 16.5. The summed E-state index contributed by atoms with van der Waals surface area (Å²) in [6.07, 6.45) is 0.371. The van der Waals surface area contributed by atoms with Crippen molar-refractivity contribution in [1.82, 2.24) is 5.32 Å². The van der Waals surface area contributed by atoms with Gasteiger partial charge in [0.1, 0.15) is 0 Å². The van der Waals surface area contributed by atoms with Crippen LogP contribution in [0.4, 0.5) is 0 Å². The number of hydrogen-bond acceptors (Lipinski definition) is 3. The average molecular weight is 235 g/mol. The van der Waals surface area contributed by atoms with E-state index in [9.17, 15) is 4.79 Å². The van der Waals surface area contributed by atoms with E-state index in [-0.39, 0.29) is 12.0 Å². The summed E-state index contributed by atoms with van der Waals surface area (Å²) in [5, 5.41) is 3.19. The van der Waals surface area contributed by atoms with Gasteiger partial charge in [-0.25, -0.2) is 0 Å². The first-order valence-electron chi connectivity index (χ1n) is 5.99. The zero-order valence-electron chi connectivity index (χ0n) is 11.0. The van der Waals surface area contributed by atoms with Crippen molar-refractivity contribution in [3.05, 3.63) is 34.9 Å². The lowest BCUT2D eigenvalue weighted by Crippen LogP contribution is -2.22. The van der Waals surface area contributed by atoms with Gasteiger partial charge >= 0.3 is 5.97 Å². The van der Waals surface area contributed by atoms with Crippen molar-refractivity contribution in [3.8, 4) is 0 Å².